The Morgan fingerprint density at radius 1 is 0.933 bits per heavy atom. The Morgan fingerprint density at radius 3 is 1.80 bits per heavy atom. The molecular formula is C13H20OSn. The first-order valence-corrected chi connectivity index (χ1v) is 9.16. The van der Waals surface area contributed by atoms with Crippen LogP contribution < -0.4 is 0 Å². The van der Waals surface area contributed by atoms with Crippen LogP contribution in [0.15, 0.2) is 0 Å². The molecule has 5 aliphatic rings. The normalized spacial score (nSPS) is 59.6. The van der Waals surface area contributed by atoms with E-state index in [1.54, 1.807) is 32.1 Å². The van der Waals surface area contributed by atoms with Crippen LogP contribution in [-0.4, -0.2) is 27.2 Å². The van der Waals surface area contributed by atoms with Gasteiger partial charge in [0.15, 0.2) is 0 Å². The van der Waals surface area contributed by atoms with E-state index in [2.05, 4.69) is 13.8 Å². The van der Waals surface area contributed by atoms with Crippen LogP contribution in [0.2, 0.25) is 3.43 Å². The summed E-state index contributed by atoms with van der Waals surface area (Å²) in [4.78, 5) is 0. The molecule has 1 spiro atoms. The summed E-state index contributed by atoms with van der Waals surface area (Å²) in [6, 6.07) is 0. The molecule has 0 aromatic carbocycles. The second kappa shape index (κ2) is 2.77. The molecule has 1 heterocycles. The Balaban J connectivity index is 1.77. The van der Waals surface area contributed by atoms with Gasteiger partial charge in [0.25, 0.3) is 0 Å². The van der Waals surface area contributed by atoms with Crippen molar-refractivity contribution >= 4 is 21.6 Å². The van der Waals surface area contributed by atoms with Crippen molar-refractivity contribution in [2.45, 2.75) is 55.0 Å². The zero-order valence-corrected chi connectivity index (χ0v) is 12.6. The number of rotatable bonds is 0. The fourth-order valence-corrected chi connectivity index (χ4v) is 9.88. The Labute approximate surface area is 103 Å². The summed E-state index contributed by atoms with van der Waals surface area (Å²) >= 11 is -0.497. The number of hydrogen-bond acceptors (Lipinski definition) is 1. The molecule has 2 heteroatoms. The third-order valence-electron chi connectivity index (χ3n) is 5.90. The van der Waals surface area contributed by atoms with Crippen molar-refractivity contribution in [3.63, 3.8) is 0 Å². The van der Waals surface area contributed by atoms with E-state index in [0.717, 1.165) is 27.1 Å². The van der Waals surface area contributed by atoms with Gasteiger partial charge in [0.05, 0.1) is 0 Å². The molecule has 2 radical (unpaired) electrons. The summed E-state index contributed by atoms with van der Waals surface area (Å²) in [5, 5.41) is 0. The van der Waals surface area contributed by atoms with Crippen molar-refractivity contribution in [3.05, 3.63) is 0 Å². The Morgan fingerprint density at radius 2 is 1.47 bits per heavy atom. The summed E-state index contributed by atoms with van der Waals surface area (Å²) in [5.74, 6) is 4.41. The van der Waals surface area contributed by atoms with Gasteiger partial charge in [0, 0.05) is 0 Å². The van der Waals surface area contributed by atoms with Crippen molar-refractivity contribution in [3.8, 4) is 0 Å². The molecule has 0 unspecified atom stereocenters. The summed E-state index contributed by atoms with van der Waals surface area (Å²) in [6.45, 7) is 4.78. The first kappa shape index (κ1) is 9.75. The molecular weight excluding hydrogens is 291 g/mol. The molecule has 0 N–H and O–H groups in total. The minimum atomic E-state index is -0.497. The first-order chi connectivity index (χ1) is 7.12. The SMILES string of the molecule is CC1(C)[O][Sn][C]12C1CC3CC(C1)CC2C3. The van der Waals surface area contributed by atoms with E-state index in [1.807, 2.05) is 0 Å². The van der Waals surface area contributed by atoms with Crippen LogP contribution in [0.1, 0.15) is 46.0 Å². The van der Waals surface area contributed by atoms with E-state index in [9.17, 15) is 0 Å². The van der Waals surface area contributed by atoms with Crippen LogP contribution in [0.5, 0.6) is 0 Å². The van der Waals surface area contributed by atoms with Gasteiger partial charge < -0.3 is 0 Å². The molecule has 5 rings (SSSR count). The molecule has 1 aliphatic heterocycles. The van der Waals surface area contributed by atoms with Crippen LogP contribution in [-0.2, 0) is 3.07 Å². The van der Waals surface area contributed by atoms with Crippen LogP contribution in [0.4, 0.5) is 0 Å². The van der Waals surface area contributed by atoms with E-state index in [1.165, 1.54) is 0 Å². The van der Waals surface area contributed by atoms with Gasteiger partial charge in [-0.3, -0.25) is 0 Å². The average Bonchev–Trinajstić information content (AvgIpc) is 2.14. The first-order valence-electron chi connectivity index (χ1n) is 6.57. The second-order valence-electron chi connectivity index (χ2n) is 6.89. The maximum absolute atomic E-state index is 6.07. The molecule has 1 saturated heterocycles. The van der Waals surface area contributed by atoms with Gasteiger partial charge >= 0.3 is 103 Å². The standard InChI is InChI=1S/C13H20O.Sn/c1-13(2,14)12-10-4-8-3-9(6-10)7-11(12)5-8;/h8-11H,3-7H2,1-2H3;/q-1;+1. The number of hydrogen-bond donors (Lipinski definition) is 0. The predicted octanol–water partition coefficient (Wildman–Crippen LogP) is 3.03. The van der Waals surface area contributed by atoms with Crippen molar-refractivity contribution in [2.24, 2.45) is 23.7 Å². The summed E-state index contributed by atoms with van der Waals surface area (Å²) < 4.78 is 6.84. The Hall–Kier alpha value is 0.759. The zero-order valence-electron chi connectivity index (χ0n) is 9.75. The van der Waals surface area contributed by atoms with E-state index in [0.29, 0.717) is 0 Å². The Bertz CT molecular complexity index is 282. The van der Waals surface area contributed by atoms with Gasteiger partial charge in [-0.15, -0.1) is 0 Å². The van der Waals surface area contributed by atoms with Gasteiger partial charge in [-0.05, 0) is 0 Å². The fourth-order valence-electron chi connectivity index (χ4n) is 5.45. The molecule has 0 amide bonds. The van der Waals surface area contributed by atoms with Crippen molar-refractivity contribution < 1.29 is 3.07 Å². The fraction of sp³-hybridized carbons (Fsp3) is 1.00. The molecule has 4 bridgehead atoms. The molecule has 0 aromatic heterocycles. The third-order valence-corrected chi connectivity index (χ3v) is 12.7. The van der Waals surface area contributed by atoms with Crippen molar-refractivity contribution in [1.29, 1.82) is 0 Å². The van der Waals surface area contributed by atoms with Gasteiger partial charge in [-0.1, -0.05) is 0 Å². The quantitative estimate of drug-likeness (QED) is 0.625. The molecule has 0 aromatic rings. The van der Waals surface area contributed by atoms with Crippen LogP contribution in [0.25, 0.3) is 0 Å². The summed E-state index contributed by atoms with van der Waals surface area (Å²) in [6.07, 6.45) is 7.86. The van der Waals surface area contributed by atoms with Crippen LogP contribution in [0, 0.1) is 23.7 Å². The van der Waals surface area contributed by atoms with E-state index < -0.39 is 21.6 Å². The van der Waals surface area contributed by atoms with Gasteiger partial charge in [0.2, 0.25) is 0 Å². The molecule has 4 aliphatic carbocycles. The topological polar surface area (TPSA) is 9.23 Å². The van der Waals surface area contributed by atoms with Gasteiger partial charge in [-0.2, -0.15) is 0 Å². The minimum absolute atomic E-state index is 0.266. The van der Waals surface area contributed by atoms with Gasteiger partial charge in [0.1, 0.15) is 0 Å². The second-order valence-corrected chi connectivity index (χ2v) is 10.4. The molecule has 5 fully saturated rings. The van der Waals surface area contributed by atoms with E-state index >= 15 is 0 Å². The molecule has 4 saturated carbocycles. The third kappa shape index (κ3) is 1.01. The molecule has 15 heavy (non-hydrogen) atoms. The van der Waals surface area contributed by atoms with Crippen LogP contribution >= 0.6 is 0 Å². The predicted molar refractivity (Wildman–Crippen MR) is 60.7 cm³/mol. The molecule has 82 valence electrons. The molecule has 0 atom stereocenters. The van der Waals surface area contributed by atoms with Crippen LogP contribution in [0.3, 0.4) is 0 Å². The maximum atomic E-state index is 6.07. The van der Waals surface area contributed by atoms with Crippen molar-refractivity contribution in [2.75, 3.05) is 0 Å². The van der Waals surface area contributed by atoms with Crippen molar-refractivity contribution in [1.82, 2.24) is 0 Å². The molecule has 1 nitrogen and oxygen atoms in total. The van der Waals surface area contributed by atoms with E-state index in [4.69, 9.17) is 3.07 Å². The summed E-state index contributed by atoms with van der Waals surface area (Å²) in [5.41, 5.74) is 0.266. The summed E-state index contributed by atoms with van der Waals surface area (Å²) in [7, 11) is 0. The van der Waals surface area contributed by atoms with E-state index in [-0.39, 0.29) is 5.60 Å². The van der Waals surface area contributed by atoms with Gasteiger partial charge in [-0.25, -0.2) is 0 Å². The average molecular weight is 311 g/mol. The zero-order chi connectivity index (χ0) is 10.3. The Kier molecular flexibility index (Phi) is 1.80. The monoisotopic (exact) mass is 312 g/mol.